The summed E-state index contributed by atoms with van der Waals surface area (Å²) >= 11 is 2.87. The van der Waals surface area contributed by atoms with Crippen LogP contribution >= 0.6 is 23.1 Å². The van der Waals surface area contributed by atoms with E-state index >= 15 is 0 Å². The largest absolute Gasteiger partial charge is 0.325 e. The van der Waals surface area contributed by atoms with E-state index in [0.717, 1.165) is 27.4 Å². The van der Waals surface area contributed by atoms with Gasteiger partial charge in [0.25, 0.3) is 5.91 Å². The molecule has 0 unspecified atom stereocenters. The fourth-order valence-corrected chi connectivity index (χ4v) is 3.77. The number of nitrogens with one attached hydrogen (secondary N) is 2. The lowest BCUT2D eigenvalue weighted by molar-refractivity contribution is -0.113. The lowest BCUT2D eigenvalue weighted by atomic mass is 10.1. The normalized spacial score (nSPS) is 10.4. The van der Waals surface area contributed by atoms with Gasteiger partial charge >= 0.3 is 0 Å². The maximum absolute atomic E-state index is 12.2. The highest BCUT2D eigenvalue weighted by atomic mass is 32.2. The Labute approximate surface area is 167 Å². The van der Waals surface area contributed by atoms with E-state index in [1.807, 2.05) is 67.8 Å². The minimum atomic E-state index is -0.113. The van der Waals surface area contributed by atoms with Crippen LogP contribution in [0.5, 0.6) is 0 Å². The Bertz CT molecular complexity index is 935. The van der Waals surface area contributed by atoms with Gasteiger partial charge in [-0.25, -0.2) is 0 Å². The molecule has 0 saturated carbocycles. The predicted molar refractivity (Wildman–Crippen MR) is 114 cm³/mol. The van der Waals surface area contributed by atoms with Crippen LogP contribution in [0.15, 0.2) is 64.9 Å². The van der Waals surface area contributed by atoms with E-state index in [0.29, 0.717) is 10.6 Å². The maximum atomic E-state index is 12.2. The van der Waals surface area contributed by atoms with Crippen molar-refractivity contribution in [2.45, 2.75) is 18.7 Å². The highest BCUT2D eigenvalue weighted by Gasteiger charge is 2.08. The summed E-state index contributed by atoms with van der Waals surface area (Å²) in [6.45, 7) is 4.03. The Morgan fingerprint density at radius 1 is 0.963 bits per heavy atom. The van der Waals surface area contributed by atoms with Crippen molar-refractivity contribution < 1.29 is 9.59 Å². The Morgan fingerprint density at radius 3 is 2.44 bits per heavy atom. The van der Waals surface area contributed by atoms with Crippen molar-refractivity contribution in [1.29, 1.82) is 0 Å². The molecule has 3 aromatic rings. The van der Waals surface area contributed by atoms with Crippen molar-refractivity contribution >= 4 is 46.3 Å². The van der Waals surface area contributed by atoms with Crippen molar-refractivity contribution in [3.63, 3.8) is 0 Å². The van der Waals surface area contributed by atoms with Crippen LogP contribution in [0.3, 0.4) is 0 Å². The highest BCUT2D eigenvalue weighted by Crippen LogP contribution is 2.22. The summed E-state index contributed by atoms with van der Waals surface area (Å²) < 4.78 is 0. The zero-order valence-electron chi connectivity index (χ0n) is 15.1. The van der Waals surface area contributed by atoms with Gasteiger partial charge in [-0.15, -0.1) is 23.1 Å². The molecule has 0 bridgehead atoms. The molecule has 2 amide bonds. The first kappa shape index (κ1) is 19.2. The van der Waals surface area contributed by atoms with Crippen LogP contribution in [0.4, 0.5) is 11.4 Å². The van der Waals surface area contributed by atoms with Crippen molar-refractivity contribution in [1.82, 2.24) is 0 Å². The SMILES string of the molecule is Cc1cccc(NC(=O)CSc2ccc(NC(=O)c3cccs3)cc2)c1C. The Kier molecular flexibility index (Phi) is 6.32. The molecule has 0 aliphatic rings. The van der Waals surface area contributed by atoms with Crippen LogP contribution in [0.25, 0.3) is 0 Å². The van der Waals surface area contributed by atoms with Gasteiger partial charge in [-0.2, -0.15) is 0 Å². The third-order valence-corrected chi connectivity index (χ3v) is 5.99. The summed E-state index contributed by atoms with van der Waals surface area (Å²) in [6.07, 6.45) is 0. The first-order valence-electron chi connectivity index (χ1n) is 8.47. The molecule has 0 aliphatic carbocycles. The number of thioether (sulfide) groups is 1. The summed E-state index contributed by atoms with van der Waals surface area (Å²) in [7, 11) is 0. The van der Waals surface area contributed by atoms with Gasteiger partial charge in [-0.05, 0) is 66.8 Å². The van der Waals surface area contributed by atoms with Gasteiger partial charge < -0.3 is 10.6 Å². The van der Waals surface area contributed by atoms with Crippen molar-refractivity contribution in [2.24, 2.45) is 0 Å². The molecule has 2 N–H and O–H groups in total. The molecule has 0 radical (unpaired) electrons. The van der Waals surface area contributed by atoms with Gasteiger partial charge in [-0.3, -0.25) is 9.59 Å². The number of rotatable bonds is 6. The molecule has 3 rings (SSSR count). The van der Waals surface area contributed by atoms with Crippen molar-refractivity contribution in [3.05, 3.63) is 76.0 Å². The summed E-state index contributed by atoms with van der Waals surface area (Å²) in [5.74, 6) is 0.177. The number of hydrogen-bond acceptors (Lipinski definition) is 4. The molecule has 0 spiro atoms. The van der Waals surface area contributed by atoms with E-state index in [-0.39, 0.29) is 11.8 Å². The van der Waals surface area contributed by atoms with Gasteiger partial charge in [0.1, 0.15) is 0 Å². The molecule has 138 valence electrons. The highest BCUT2D eigenvalue weighted by molar-refractivity contribution is 8.00. The summed E-state index contributed by atoms with van der Waals surface area (Å²) in [4.78, 5) is 25.9. The topological polar surface area (TPSA) is 58.2 Å². The van der Waals surface area contributed by atoms with E-state index in [1.54, 1.807) is 6.07 Å². The van der Waals surface area contributed by atoms with Crippen LogP contribution in [0, 0.1) is 13.8 Å². The zero-order valence-corrected chi connectivity index (χ0v) is 16.7. The molecular weight excluding hydrogens is 376 g/mol. The van der Waals surface area contributed by atoms with Gasteiger partial charge in [0, 0.05) is 16.3 Å². The van der Waals surface area contributed by atoms with Crippen LogP contribution in [0.1, 0.15) is 20.8 Å². The first-order chi connectivity index (χ1) is 13.0. The second-order valence-electron chi connectivity index (χ2n) is 6.04. The Hall–Kier alpha value is -2.57. The summed E-state index contributed by atoms with van der Waals surface area (Å²) in [6, 6.07) is 17.0. The van der Waals surface area contributed by atoms with Gasteiger partial charge in [-0.1, -0.05) is 18.2 Å². The first-order valence-corrected chi connectivity index (χ1v) is 10.3. The van der Waals surface area contributed by atoms with E-state index < -0.39 is 0 Å². The van der Waals surface area contributed by atoms with Gasteiger partial charge in [0.15, 0.2) is 0 Å². The molecule has 0 fully saturated rings. The van der Waals surface area contributed by atoms with Crippen LogP contribution < -0.4 is 10.6 Å². The number of amides is 2. The quantitative estimate of drug-likeness (QED) is 0.552. The van der Waals surface area contributed by atoms with Crippen LogP contribution in [0.2, 0.25) is 0 Å². The minimum absolute atomic E-state index is 0.0382. The van der Waals surface area contributed by atoms with E-state index in [2.05, 4.69) is 10.6 Å². The fraction of sp³-hybridized carbons (Fsp3) is 0.143. The van der Waals surface area contributed by atoms with E-state index in [9.17, 15) is 9.59 Å². The minimum Gasteiger partial charge on any atom is -0.325 e. The summed E-state index contributed by atoms with van der Waals surface area (Å²) in [5, 5.41) is 7.70. The van der Waals surface area contributed by atoms with Gasteiger partial charge in [0.2, 0.25) is 5.91 Å². The smallest absolute Gasteiger partial charge is 0.265 e. The van der Waals surface area contributed by atoms with Crippen molar-refractivity contribution in [3.8, 4) is 0 Å². The zero-order chi connectivity index (χ0) is 19.2. The number of carbonyl (C=O) groups excluding carboxylic acids is 2. The molecule has 1 aromatic heterocycles. The molecular formula is C21H20N2O2S2. The third-order valence-electron chi connectivity index (χ3n) is 4.11. The van der Waals surface area contributed by atoms with E-state index in [1.165, 1.54) is 23.1 Å². The number of benzene rings is 2. The fourth-order valence-electron chi connectivity index (χ4n) is 2.46. The third kappa shape index (κ3) is 5.21. The monoisotopic (exact) mass is 396 g/mol. The van der Waals surface area contributed by atoms with Gasteiger partial charge in [0.05, 0.1) is 10.6 Å². The number of hydrogen-bond donors (Lipinski definition) is 2. The number of carbonyl (C=O) groups is 2. The molecule has 2 aromatic carbocycles. The number of thiophene rings is 1. The molecule has 4 nitrogen and oxygen atoms in total. The lowest BCUT2D eigenvalue weighted by Crippen LogP contribution is -2.15. The maximum Gasteiger partial charge on any atom is 0.265 e. The van der Waals surface area contributed by atoms with E-state index in [4.69, 9.17) is 0 Å². The summed E-state index contributed by atoms with van der Waals surface area (Å²) in [5.41, 5.74) is 3.83. The number of aryl methyl sites for hydroxylation is 1. The predicted octanol–water partition coefficient (Wildman–Crippen LogP) is 5.35. The Morgan fingerprint density at radius 2 is 1.74 bits per heavy atom. The molecule has 0 saturated heterocycles. The average Bonchev–Trinajstić information content (AvgIpc) is 3.20. The Balaban J connectivity index is 1.51. The standard InChI is InChI=1S/C21H20N2O2S2/c1-14-5-3-6-18(15(14)2)23-20(24)13-27-17-10-8-16(9-11-17)22-21(25)19-7-4-12-26-19/h3-12H,13H2,1-2H3,(H,22,25)(H,23,24). The van der Waals surface area contributed by atoms with Crippen LogP contribution in [-0.4, -0.2) is 17.6 Å². The average molecular weight is 397 g/mol. The number of anilines is 2. The lowest BCUT2D eigenvalue weighted by Gasteiger charge is -2.10. The molecule has 0 atom stereocenters. The molecule has 1 heterocycles. The molecule has 27 heavy (non-hydrogen) atoms. The second-order valence-corrected chi connectivity index (χ2v) is 8.04. The second kappa shape index (κ2) is 8.88. The molecule has 6 heteroatoms. The van der Waals surface area contributed by atoms with Crippen molar-refractivity contribution in [2.75, 3.05) is 16.4 Å². The molecule has 0 aliphatic heterocycles. The van der Waals surface area contributed by atoms with Crippen LogP contribution in [-0.2, 0) is 4.79 Å².